The summed E-state index contributed by atoms with van der Waals surface area (Å²) in [5.41, 5.74) is 5.22. The van der Waals surface area contributed by atoms with Crippen molar-refractivity contribution in [3.8, 4) is 22.6 Å². The molecule has 2 N–H and O–H groups in total. The van der Waals surface area contributed by atoms with Gasteiger partial charge >= 0.3 is 0 Å². The van der Waals surface area contributed by atoms with Gasteiger partial charge in [0, 0.05) is 0 Å². The van der Waals surface area contributed by atoms with Crippen LogP contribution in [-0.2, 0) is 12.8 Å². The van der Waals surface area contributed by atoms with E-state index < -0.39 is 0 Å². The lowest BCUT2D eigenvalue weighted by Crippen LogP contribution is -2.19. The van der Waals surface area contributed by atoms with Gasteiger partial charge in [-0.1, -0.05) is 73.5 Å². The Labute approximate surface area is 217 Å². The summed E-state index contributed by atoms with van der Waals surface area (Å²) in [7, 11) is 3.35. The second-order valence-electron chi connectivity index (χ2n) is 8.67. The monoisotopic (exact) mass is 496 g/mol. The Kier molecular flexibility index (Phi) is 13.9. The zero-order valence-corrected chi connectivity index (χ0v) is 22.0. The van der Waals surface area contributed by atoms with Crippen molar-refractivity contribution in [2.45, 2.75) is 38.5 Å². The number of nitrogens with one attached hydrogen (secondary N) is 2. The highest BCUT2D eigenvalue weighted by atomic mass is 35.5. The molecule has 0 radical (unpaired) electrons. The average Bonchev–Trinajstić information content (AvgIpc) is 2.90. The van der Waals surface area contributed by atoms with Gasteiger partial charge in [0.1, 0.15) is 0 Å². The van der Waals surface area contributed by atoms with Gasteiger partial charge in [0.25, 0.3) is 0 Å². The highest BCUT2D eigenvalue weighted by molar-refractivity contribution is 5.85. The second kappa shape index (κ2) is 17.0. The van der Waals surface area contributed by atoms with Gasteiger partial charge in [-0.05, 0) is 86.2 Å². The lowest BCUT2D eigenvalue weighted by Gasteiger charge is -2.10. The van der Waals surface area contributed by atoms with Crippen molar-refractivity contribution in [2.75, 3.05) is 40.4 Å². The lowest BCUT2D eigenvalue weighted by atomic mass is 10.0. The van der Waals surface area contributed by atoms with Crippen LogP contribution in [0.25, 0.3) is 11.1 Å². The normalized spacial score (nSPS) is 10.6. The molecule has 3 rings (SSSR count). The first-order valence-electron chi connectivity index (χ1n) is 12.6. The summed E-state index contributed by atoms with van der Waals surface area (Å²) in [6.07, 6.45) is 7.14. The minimum Gasteiger partial charge on any atom is -0.493 e. The van der Waals surface area contributed by atoms with E-state index in [2.05, 4.69) is 77.4 Å². The van der Waals surface area contributed by atoms with Gasteiger partial charge in [-0.2, -0.15) is 0 Å². The first-order chi connectivity index (χ1) is 16.8. The molecule has 5 heteroatoms. The first-order valence-corrected chi connectivity index (χ1v) is 12.6. The van der Waals surface area contributed by atoms with E-state index in [4.69, 9.17) is 9.47 Å². The van der Waals surface area contributed by atoms with E-state index in [0.717, 1.165) is 50.5 Å². The number of rotatable bonds is 16. The van der Waals surface area contributed by atoms with Gasteiger partial charge in [-0.3, -0.25) is 0 Å². The van der Waals surface area contributed by atoms with Crippen molar-refractivity contribution in [3.05, 3.63) is 83.9 Å². The molecule has 3 aromatic carbocycles. The van der Waals surface area contributed by atoms with Gasteiger partial charge in [0.15, 0.2) is 11.5 Å². The topological polar surface area (TPSA) is 42.5 Å². The average molecular weight is 497 g/mol. The summed E-state index contributed by atoms with van der Waals surface area (Å²) in [5.74, 6) is 1.58. The van der Waals surface area contributed by atoms with Crippen LogP contribution < -0.4 is 20.1 Å². The summed E-state index contributed by atoms with van der Waals surface area (Å²) < 4.78 is 10.7. The fourth-order valence-corrected chi connectivity index (χ4v) is 4.10. The molecule has 4 nitrogen and oxygen atoms in total. The molecule has 190 valence electrons. The third-order valence-electron chi connectivity index (χ3n) is 6.15. The fourth-order valence-electron chi connectivity index (χ4n) is 4.10. The molecule has 0 aliphatic rings. The minimum atomic E-state index is 0. The molecule has 0 unspecified atom stereocenters. The van der Waals surface area contributed by atoms with Gasteiger partial charge in [-0.25, -0.2) is 0 Å². The third-order valence-corrected chi connectivity index (χ3v) is 6.15. The van der Waals surface area contributed by atoms with Crippen LogP contribution in [0.2, 0.25) is 0 Å². The molecule has 0 heterocycles. The van der Waals surface area contributed by atoms with E-state index in [1.54, 1.807) is 14.2 Å². The fraction of sp³-hybridized carbons (Fsp3) is 0.400. The van der Waals surface area contributed by atoms with E-state index >= 15 is 0 Å². The molecule has 0 aliphatic heterocycles. The SMILES string of the molecule is COc1ccc(CCNCCCCCCNCCc2ccc(-c3ccccc3)cc2)cc1OC.Cl. The molecule has 0 fully saturated rings. The van der Waals surface area contributed by atoms with Crippen LogP contribution in [0.3, 0.4) is 0 Å². The van der Waals surface area contributed by atoms with Crippen LogP contribution in [0.5, 0.6) is 11.5 Å². The quantitative estimate of drug-likeness (QED) is 0.228. The van der Waals surface area contributed by atoms with Crippen LogP contribution in [0, 0.1) is 0 Å². The minimum absolute atomic E-state index is 0. The summed E-state index contributed by atoms with van der Waals surface area (Å²) >= 11 is 0. The number of hydrogen-bond donors (Lipinski definition) is 2. The zero-order valence-electron chi connectivity index (χ0n) is 21.2. The summed E-state index contributed by atoms with van der Waals surface area (Å²) in [6, 6.07) is 25.7. The van der Waals surface area contributed by atoms with E-state index in [1.807, 2.05) is 6.07 Å². The Hall–Kier alpha value is -2.53. The van der Waals surface area contributed by atoms with Crippen molar-refractivity contribution >= 4 is 12.4 Å². The number of halogens is 1. The number of unbranched alkanes of at least 4 members (excludes halogenated alkanes) is 3. The molecule has 0 spiro atoms. The molecule has 0 amide bonds. The van der Waals surface area contributed by atoms with E-state index in [1.165, 1.54) is 47.9 Å². The maximum atomic E-state index is 5.38. The number of methoxy groups -OCH3 is 2. The van der Waals surface area contributed by atoms with Crippen molar-refractivity contribution in [1.82, 2.24) is 10.6 Å². The third kappa shape index (κ3) is 10.3. The van der Waals surface area contributed by atoms with E-state index in [-0.39, 0.29) is 12.4 Å². The predicted molar refractivity (Wildman–Crippen MR) is 150 cm³/mol. The van der Waals surface area contributed by atoms with Crippen molar-refractivity contribution < 1.29 is 9.47 Å². The van der Waals surface area contributed by atoms with E-state index in [9.17, 15) is 0 Å². The molecule has 0 saturated carbocycles. The van der Waals surface area contributed by atoms with Crippen molar-refractivity contribution in [2.24, 2.45) is 0 Å². The zero-order chi connectivity index (χ0) is 23.8. The summed E-state index contributed by atoms with van der Waals surface area (Å²) in [6.45, 7) is 4.22. The summed E-state index contributed by atoms with van der Waals surface area (Å²) in [5, 5.41) is 7.15. The molecule has 0 aliphatic carbocycles. The van der Waals surface area contributed by atoms with Crippen LogP contribution in [0.15, 0.2) is 72.8 Å². The molecule has 3 aromatic rings. The maximum absolute atomic E-state index is 5.38. The van der Waals surface area contributed by atoms with Gasteiger partial charge in [0.05, 0.1) is 14.2 Å². The van der Waals surface area contributed by atoms with Gasteiger partial charge < -0.3 is 20.1 Å². The highest BCUT2D eigenvalue weighted by Crippen LogP contribution is 2.27. The lowest BCUT2D eigenvalue weighted by molar-refractivity contribution is 0.354. The molecule has 0 saturated heterocycles. The number of ether oxygens (including phenoxy) is 2. The number of hydrogen-bond acceptors (Lipinski definition) is 4. The Morgan fingerprint density at radius 1 is 0.543 bits per heavy atom. The Morgan fingerprint density at radius 3 is 1.69 bits per heavy atom. The predicted octanol–water partition coefficient (Wildman–Crippen LogP) is 6.32. The molecule has 35 heavy (non-hydrogen) atoms. The molecule has 0 aromatic heterocycles. The van der Waals surface area contributed by atoms with Crippen LogP contribution >= 0.6 is 12.4 Å². The molecular weight excluding hydrogens is 456 g/mol. The summed E-state index contributed by atoms with van der Waals surface area (Å²) in [4.78, 5) is 0. The first kappa shape index (κ1) is 28.7. The van der Waals surface area contributed by atoms with Crippen molar-refractivity contribution in [1.29, 1.82) is 0 Å². The second-order valence-corrected chi connectivity index (χ2v) is 8.67. The highest BCUT2D eigenvalue weighted by Gasteiger charge is 2.04. The Balaban J connectivity index is 0.00000432. The molecule has 0 atom stereocenters. The Morgan fingerprint density at radius 2 is 1.09 bits per heavy atom. The maximum Gasteiger partial charge on any atom is 0.160 e. The van der Waals surface area contributed by atoms with Crippen LogP contribution in [0.4, 0.5) is 0 Å². The van der Waals surface area contributed by atoms with Crippen molar-refractivity contribution in [3.63, 3.8) is 0 Å². The van der Waals surface area contributed by atoms with E-state index in [0.29, 0.717) is 0 Å². The van der Waals surface area contributed by atoms with Crippen LogP contribution in [0.1, 0.15) is 36.8 Å². The largest absolute Gasteiger partial charge is 0.493 e. The number of benzene rings is 3. The molecule has 0 bridgehead atoms. The molecular formula is C30H41ClN2O2. The van der Waals surface area contributed by atoms with Crippen LogP contribution in [-0.4, -0.2) is 40.4 Å². The van der Waals surface area contributed by atoms with Gasteiger partial charge in [-0.15, -0.1) is 12.4 Å². The standard InChI is InChI=1S/C30H40N2O2.ClH/c1-33-29-17-14-26(24-30(29)34-2)19-23-32-21-9-4-3-8-20-31-22-18-25-12-15-28(16-13-25)27-10-6-5-7-11-27;/h5-7,10-17,24,31-32H,3-4,8-9,18-23H2,1-2H3;1H. The Bertz CT molecular complexity index is 948. The smallest absolute Gasteiger partial charge is 0.160 e. The van der Waals surface area contributed by atoms with Gasteiger partial charge in [0.2, 0.25) is 0 Å².